The third kappa shape index (κ3) is 4.64. The summed E-state index contributed by atoms with van der Waals surface area (Å²) < 4.78 is 1.21. The molecule has 2 aliphatic rings. The number of carboxylic acid groups (broad SMARTS) is 1. The van der Waals surface area contributed by atoms with Gasteiger partial charge in [0.1, 0.15) is 28.9 Å². The van der Waals surface area contributed by atoms with Crippen LogP contribution in [-0.2, 0) is 20.9 Å². The number of nitrogens with zero attached hydrogens (tertiary/aromatic N) is 4. The van der Waals surface area contributed by atoms with Gasteiger partial charge in [0, 0.05) is 18.1 Å². The second-order valence-electron chi connectivity index (χ2n) is 7.87. The SMILES string of the molecule is CCn1c(SCC2=C(C(=O)O)N3C(=O)C(NC(=O)C(N)c4ccc(O)cc4)[C@@H]3SC2)nnc(O)c1=O. The van der Waals surface area contributed by atoms with Crippen LogP contribution >= 0.6 is 23.5 Å². The first kappa shape index (κ1) is 25.5. The van der Waals surface area contributed by atoms with Gasteiger partial charge in [-0.3, -0.25) is 23.9 Å². The average molecular weight is 535 g/mol. The summed E-state index contributed by atoms with van der Waals surface area (Å²) in [5.74, 6) is -2.80. The van der Waals surface area contributed by atoms with E-state index in [0.29, 0.717) is 11.1 Å². The predicted octanol–water partition coefficient (Wildman–Crippen LogP) is -0.400. The van der Waals surface area contributed by atoms with Gasteiger partial charge in [-0.25, -0.2) is 4.79 Å². The molecule has 190 valence electrons. The maximum Gasteiger partial charge on any atom is 0.352 e. The maximum atomic E-state index is 12.9. The summed E-state index contributed by atoms with van der Waals surface area (Å²) >= 11 is 2.36. The Hall–Kier alpha value is -3.56. The number of carbonyl (C=O) groups is 3. The fraction of sp³-hybridized carbons (Fsp3) is 0.333. The number of β-lactam (4-membered cyclic amide) rings is 1. The molecule has 6 N–H and O–H groups in total. The Balaban J connectivity index is 1.48. The highest BCUT2D eigenvalue weighted by Gasteiger charge is 2.54. The summed E-state index contributed by atoms with van der Waals surface area (Å²) in [6.07, 6.45) is 0. The molecule has 2 aromatic rings. The zero-order chi connectivity index (χ0) is 26.1. The highest BCUT2D eigenvalue weighted by Crippen LogP contribution is 2.41. The van der Waals surface area contributed by atoms with Crippen LogP contribution in [0.3, 0.4) is 0 Å². The van der Waals surface area contributed by atoms with Gasteiger partial charge in [0.05, 0.1) is 0 Å². The van der Waals surface area contributed by atoms with Crippen LogP contribution in [-0.4, -0.2) is 75.7 Å². The van der Waals surface area contributed by atoms with Crippen molar-refractivity contribution in [2.24, 2.45) is 5.73 Å². The van der Waals surface area contributed by atoms with Gasteiger partial charge in [-0.2, -0.15) is 0 Å². The summed E-state index contributed by atoms with van der Waals surface area (Å²) in [7, 11) is 0. The molecule has 0 bridgehead atoms. The second-order valence-corrected chi connectivity index (χ2v) is 9.91. The fourth-order valence-corrected chi connectivity index (χ4v) is 6.29. The van der Waals surface area contributed by atoms with Crippen LogP contribution in [0.4, 0.5) is 0 Å². The minimum absolute atomic E-state index is 0.0205. The van der Waals surface area contributed by atoms with Gasteiger partial charge >= 0.3 is 11.5 Å². The fourth-order valence-electron chi connectivity index (χ4n) is 3.80. The van der Waals surface area contributed by atoms with Gasteiger partial charge in [0.2, 0.25) is 5.91 Å². The number of thioether (sulfide) groups is 2. The van der Waals surface area contributed by atoms with E-state index in [9.17, 15) is 34.5 Å². The molecule has 2 unspecified atom stereocenters. The van der Waals surface area contributed by atoms with E-state index in [1.807, 2.05) is 0 Å². The highest BCUT2D eigenvalue weighted by molar-refractivity contribution is 8.01. The molecule has 15 heteroatoms. The van der Waals surface area contributed by atoms with Crippen LogP contribution in [0.15, 0.2) is 45.5 Å². The number of carboxylic acids is 1. The number of phenols is 1. The van der Waals surface area contributed by atoms with Crippen molar-refractivity contribution in [3.05, 3.63) is 51.5 Å². The third-order valence-electron chi connectivity index (χ3n) is 5.67. The normalized spacial score (nSPS) is 19.9. The number of phenolic OH excluding ortho intramolecular Hbond substituents is 1. The summed E-state index contributed by atoms with van der Waals surface area (Å²) in [5, 5.41) is 38.1. The van der Waals surface area contributed by atoms with E-state index in [1.54, 1.807) is 6.92 Å². The topological polar surface area (TPSA) is 201 Å². The molecule has 3 heterocycles. The van der Waals surface area contributed by atoms with Gasteiger partial charge in [-0.05, 0) is 30.2 Å². The molecule has 0 saturated carbocycles. The zero-order valence-electron chi connectivity index (χ0n) is 18.8. The minimum atomic E-state index is -1.29. The molecule has 1 fully saturated rings. The minimum Gasteiger partial charge on any atom is -0.508 e. The predicted molar refractivity (Wildman–Crippen MR) is 129 cm³/mol. The van der Waals surface area contributed by atoms with Crippen molar-refractivity contribution in [2.45, 2.75) is 36.1 Å². The van der Waals surface area contributed by atoms with E-state index >= 15 is 0 Å². The van der Waals surface area contributed by atoms with Crippen molar-refractivity contribution in [3.63, 3.8) is 0 Å². The molecular formula is C21H22N6O7S2. The molecule has 36 heavy (non-hydrogen) atoms. The number of aromatic hydroxyl groups is 2. The van der Waals surface area contributed by atoms with E-state index < -0.39 is 46.7 Å². The smallest absolute Gasteiger partial charge is 0.352 e. The van der Waals surface area contributed by atoms with Crippen molar-refractivity contribution in [3.8, 4) is 11.6 Å². The Kier molecular flexibility index (Phi) is 7.23. The second kappa shape index (κ2) is 10.2. The third-order valence-corrected chi connectivity index (χ3v) is 8.06. The van der Waals surface area contributed by atoms with Gasteiger partial charge in [-0.15, -0.1) is 22.0 Å². The zero-order valence-corrected chi connectivity index (χ0v) is 20.5. The first-order valence-corrected chi connectivity index (χ1v) is 12.7. The number of amides is 2. The lowest BCUT2D eigenvalue weighted by atomic mass is 10.0. The van der Waals surface area contributed by atoms with Gasteiger partial charge in [-0.1, -0.05) is 23.9 Å². The van der Waals surface area contributed by atoms with Crippen molar-refractivity contribution in [1.82, 2.24) is 25.0 Å². The standard InChI is InChI=1S/C21H22N6O7S2/c1-2-26-18(32)16(30)24-25-21(26)36-8-10-7-35-19-13(17(31)27(19)14(10)20(33)34)23-15(29)12(22)9-3-5-11(28)6-4-9/h3-6,12-13,19,28H,2,7-8,22H2,1H3,(H,23,29)(H,24,30)(H,33,34)/t12?,13?,19-/m0/s1. The molecule has 1 saturated heterocycles. The molecule has 1 aromatic carbocycles. The summed E-state index contributed by atoms with van der Waals surface area (Å²) in [5.41, 5.74) is 5.98. The monoisotopic (exact) mass is 534 g/mol. The van der Waals surface area contributed by atoms with Crippen LogP contribution in [0.2, 0.25) is 0 Å². The first-order valence-electron chi connectivity index (χ1n) is 10.7. The van der Waals surface area contributed by atoms with Crippen LogP contribution in [0.25, 0.3) is 0 Å². The quantitative estimate of drug-likeness (QED) is 0.217. The molecule has 0 spiro atoms. The van der Waals surface area contributed by atoms with Gasteiger partial charge in [0.15, 0.2) is 5.16 Å². The summed E-state index contributed by atoms with van der Waals surface area (Å²) in [6.45, 7) is 1.92. The van der Waals surface area contributed by atoms with Crippen molar-refractivity contribution in [2.75, 3.05) is 11.5 Å². The molecular weight excluding hydrogens is 512 g/mol. The lowest BCUT2D eigenvalue weighted by Crippen LogP contribution is -2.71. The molecule has 0 aliphatic carbocycles. The molecule has 4 rings (SSSR count). The molecule has 3 atom stereocenters. The lowest BCUT2D eigenvalue weighted by Gasteiger charge is -2.49. The van der Waals surface area contributed by atoms with Crippen molar-refractivity contribution >= 4 is 41.3 Å². The Morgan fingerprint density at radius 2 is 1.94 bits per heavy atom. The first-order chi connectivity index (χ1) is 17.1. The molecule has 2 aliphatic heterocycles. The Labute approximate surface area is 212 Å². The number of carbonyl (C=O) groups excluding carboxylic acids is 2. The number of aliphatic carboxylic acids is 1. The number of nitrogens with one attached hydrogen (secondary N) is 1. The van der Waals surface area contributed by atoms with Gasteiger partial charge in [0.25, 0.3) is 11.8 Å². The number of hydrogen-bond acceptors (Lipinski definition) is 11. The van der Waals surface area contributed by atoms with E-state index in [2.05, 4.69) is 15.5 Å². The highest BCUT2D eigenvalue weighted by atomic mass is 32.2. The van der Waals surface area contributed by atoms with E-state index in [0.717, 1.165) is 16.7 Å². The Bertz CT molecular complexity index is 1310. The molecule has 13 nitrogen and oxygen atoms in total. The van der Waals surface area contributed by atoms with Gasteiger partial charge < -0.3 is 26.4 Å². The van der Waals surface area contributed by atoms with E-state index in [1.165, 1.54) is 40.6 Å². The maximum absolute atomic E-state index is 12.9. The Morgan fingerprint density at radius 3 is 2.58 bits per heavy atom. The molecule has 0 radical (unpaired) electrons. The van der Waals surface area contributed by atoms with Crippen LogP contribution < -0.4 is 16.6 Å². The molecule has 2 amide bonds. The number of aromatic nitrogens is 3. The number of fused-ring (bicyclic) bond motifs is 1. The van der Waals surface area contributed by atoms with E-state index in [4.69, 9.17) is 5.73 Å². The van der Waals surface area contributed by atoms with E-state index in [-0.39, 0.29) is 34.7 Å². The van der Waals surface area contributed by atoms with Crippen LogP contribution in [0, 0.1) is 0 Å². The average Bonchev–Trinajstić information content (AvgIpc) is 2.87. The number of nitrogens with two attached hydrogens (primary N) is 1. The number of benzene rings is 1. The van der Waals surface area contributed by atoms with Crippen LogP contribution in [0.1, 0.15) is 18.5 Å². The largest absolute Gasteiger partial charge is 0.508 e. The summed E-state index contributed by atoms with van der Waals surface area (Å²) in [6, 6.07) is 3.75. The number of rotatable bonds is 8. The van der Waals surface area contributed by atoms with Crippen LogP contribution in [0.5, 0.6) is 11.6 Å². The van der Waals surface area contributed by atoms with Crippen molar-refractivity contribution < 1.29 is 29.7 Å². The van der Waals surface area contributed by atoms with Crippen molar-refractivity contribution in [1.29, 1.82) is 0 Å². The molecule has 1 aromatic heterocycles. The summed E-state index contributed by atoms with van der Waals surface area (Å²) in [4.78, 5) is 50.8. The lowest BCUT2D eigenvalue weighted by molar-refractivity contribution is -0.150. The number of hydrogen-bond donors (Lipinski definition) is 5. The Morgan fingerprint density at radius 1 is 1.25 bits per heavy atom.